The molecule has 3 aromatic rings. The van der Waals surface area contributed by atoms with Crippen molar-refractivity contribution in [2.24, 2.45) is 0 Å². The van der Waals surface area contributed by atoms with E-state index in [1.54, 1.807) is 61.5 Å². The van der Waals surface area contributed by atoms with Crippen molar-refractivity contribution < 1.29 is 22.7 Å². The summed E-state index contributed by atoms with van der Waals surface area (Å²) < 4.78 is 34.7. The van der Waals surface area contributed by atoms with Crippen molar-refractivity contribution in [3.05, 3.63) is 87.9 Å². The van der Waals surface area contributed by atoms with E-state index >= 15 is 0 Å². The maximum Gasteiger partial charge on any atom is 0.264 e. The van der Waals surface area contributed by atoms with Gasteiger partial charge in [0.2, 0.25) is 11.8 Å². The molecule has 0 unspecified atom stereocenters. The van der Waals surface area contributed by atoms with E-state index in [0.29, 0.717) is 40.8 Å². The standard InChI is InChI=1S/C32H39Cl2N3O5S/c1-6-23(5)35-32(39)30(7-2)36(20-24-11-12-25(33)19-29(24)34)31(38)21-37(26-13-15-27(16-14-26)42-8-3)43(40,41)28-17-9-22(4)10-18-28/h9-19,23,30H,6-8,20-21H2,1-5H3,(H,35,39)/t23-,30+/m0/s1. The topological polar surface area (TPSA) is 96.0 Å². The summed E-state index contributed by atoms with van der Waals surface area (Å²) in [5, 5.41) is 3.72. The summed E-state index contributed by atoms with van der Waals surface area (Å²) in [5.41, 5.74) is 1.74. The highest BCUT2D eigenvalue weighted by atomic mass is 35.5. The van der Waals surface area contributed by atoms with Gasteiger partial charge in [0.25, 0.3) is 10.0 Å². The van der Waals surface area contributed by atoms with Crippen LogP contribution in [0.3, 0.4) is 0 Å². The molecule has 3 rings (SSSR count). The van der Waals surface area contributed by atoms with Gasteiger partial charge < -0.3 is 15.0 Å². The number of halogens is 2. The van der Waals surface area contributed by atoms with E-state index < -0.39 is 28.5 Å². The molecular formula is C32H39Cl2N3O5S. The predicted octanol–water partition coefficient (Wildman–Crippen LogP) is 6.62. The Morgan fingerprint density at radius 2 is 1.58 bits per heavy atom. The molecule has 0 saturated carbocycles. The van der Waals surface area contributed by atoms with Gasteiger partial charge in [0.15, 0.2) is 0 Å². The first kappa shape index (κ1) is 34.2. The lowest BCUT2D eigenvalue weighted by Crippen LogP contribution is -2.53. The molecule has 0 aliphatic carbocycles. The summed E-state index contributed by atoms with van der Waals surface area (Å²) in [7, 11) is -4.19. The van der Waals surface area contributed by atoms with E-state index in [1.165, 1.54) is 17.0 Å². The van der Waals surface area contributed by atoms with E-state index in [1.807, 2.05) is 27.7 Å². The second-order valence-corrected chi connectivity index (χ2v) is 13.0. The average Bonchev–Trinajstić information content (AvgIpc) is 2.97. The maximum atomic E-state index is 14.2. The molecule has 0 saturated heterocycles. The van der Waals surface area contributed by atoms with Gasteiger partial charge in [0.05, 0.1) is 17.2 Å². The molecule has 0 spiro atoms. The van der Waals surface area contributed by atoms with Crippen LogP contribution in [0.5, 0.6) is 5.75 Å². The molecule has 0 bridgehead atoms. The third kappa shape index (κ3) is 8.87. The van der Waals surface area contributed by atoms with Crippen molar-refractivity contribution in [1.29, 1.82) is 0 Å². The molecule has 0 aromatic heterocycles. The highest BCUT2D eigenvalue weighted by Crippen LogP contribution is 2.28. The predicted molar refractivity (Wildman–Crippen MR) is 172 cm³/mol. The summed E-state index contributed by atoms with van der Waals surface area (Å²) in [6, 6.07) is 16.8. The number of anilines is 1. The number of nitrogens with zero attached hydrogens (tertiary/aromatic N) is 2. The molecule has 43 heavy (non-hydrogen) atoms. The van der Waals surface area contributed by atoms with Gasteiger partial charge in [0.1, 0.15) is 18.3 Å². The summed E-state index contributed by atoms with van der Waals surface area (Å²) >= 11 is 12.6. The van der Waals surface area contributed by atoms with Crippen molar-refractivity contribution >= 4 is 50.7 Å². The van der Waals surface area contributed by atoms with E-state index in [2.05, 4.69) is 5.32 Å². The van der Waals surface area contributed by atoms with Gasteiger partial charge >= 0.3 is 0 Å². The first-order valence-corrected chi connectivity index (χ1v) is 16.5. The van der Waals surface area contributed by atoms with Crippen molar-refractivity contribution in [3.63, 3.8) is 0 Å². The highest BCUT2D eigenvalue weighted by Gasteiger charge is 2.34. The van der Waals surface area contributed by atoms with Crippen LogP contribution in [0.25, 0.3) is 0 Å². The number of benzene rings is 3. The first-order valence-electron chi connectivity index (χ1n) is 14.3. The molecule has 1 N–H and O–H groups in total. The van der Waals surface area contributed by atoms with Crippen LogP contribution in [0.15, 0.2) is 71.6 Å². The quantitative estimate of drug-likeness (QED) is 0.212. The van der Waals surface area contributed by atoms with Crippen LogP contribution < -0.4 is 14.4 Å². The first-order chi connectivity index (χ1) is 20.4. The minimum atomic E-state index is -4.19. The van der Waals surface area contributed by atoms with Gasteiger partial charge in [-0.2, -0.15) is 0 Å². The molecule has 0 heterocycles. The molecule has 11 heteroatoms. The van der Waals surface area contributed by atoms with Crippen LogP contribution in [-0.2, 0) is 26.2 Å². The SMILES string of the molecule is CCOc1ccc(N(CC(=O)N(Cc2ccc(Cl)cc2Cl)[C@H](CC)C(=O)N[C@@H](C)CC)S(=O)(=O)c2ccc(C)cc2)cc1. The lowest BCUT2D eigenvalue weighted by atomic mass is 10.1. The zero-order valence-electron chi connectivity index (χ0n) is 25.1. The Balaban J connectivity index is 2.08. The van der Waals surface area contributed by atoms with Crippen molar-refractivity contribution in [2.45, 2.75) is 71.0 Å². The van der Waals surface area contributed by atoms with Gasteiger partial charge in [-0.15, -0.1) is 0 Å². The summed E-state index contributed by atoms with van der Waals surface area (Å²) in [6.07, 6.45) is 1.01. The summed E-state index contributed by atoms with van der Waals surface area (Å²) in [6.45, 7) is 9.22. The van der Waals surface area contributed by atoms with E-state index in [0.717, 1.165) is 9.87 Å². The zero-order valence-corrected chi connectivity index (χ0v) is 27.5. The van der Waals surface area contributed by atoms with Gasteiger partial charge in [-0.3, -0.25) is 13.9 Å². The molecule has 0 aliphatic heterocycles. The summed E-state index contributed by atoms with van der Waals surface area (Å²) in [5.74, 6) is -0.330. The fourth-order valence-corrected chi connectivity index (χ4v) is 6.32. The maximum absolute atomic E-state index is 14.2. The Bertz CT molecular complexity index is 1500. The lowest BCUT2D eigenvalue weighted by Gasteiger charge is -2.34. The number of carbonyl (C=O) groups excluding carboxylic acids is 2. The monoisotopic (exact) mass is 647 g/mol. The Morgan fingerprint density at radius 3 is 2.14 bits per heavy atom. The molecule has 2 atom stereocenters. The fourth-order valence-electron chi connectivity index (χ4n) is 4.44. The molecule has 2 amide bonds. The molecule has 232 valence electrons. The third-order valence-corrected chi connectivity index (χ3v) is 9.44. The van der Waals surface area contributed by atoms with Crippen LogP contribution in [0.4, 0.5) is 5.69 Å². The number of hydrogen-bond donors (Lipinski definition) is 1. The molecule has 8 nitrogen and oxygen atoms in total. The highest BCUT2D eigenvalue weighted by molar-refractivity contribution is 7.92. The van der Waals surface area contributed by atoms with Gasteiger partial charge in [0, 0.05) is 22.6 Å². The Hall–Kier alpha value is -3.27. The third-order valence-electron chi connectivity index (χ3n) is 7.07. The summed E-state index contributed by atoms with van der Waals surface area (Å²) in [4.78, 5) is 29.1. The smallest absolute Gasteiger partial charge is 0.264 e. The molecule has 0 aliphatic rings. The second-order valence-electron chi connectivity index (χ2n) is 10.3. The molecule has 0 fully saturated rings. The number of hydrogen-bond acceptors (Lipinski definition) is 5. The second kappa shape index (κ2) is 15.5. The normalized spacial score (nSPS) is 12.7. The number of rotatable bonds is 14. The largest absolute Gasteiger partial charge is 0.494 e. The number of ether oxygens (including phenoxy) is 1. The van der Waals surface area contributed by atoms with Gasteiger partial charge in [-0.1, -0.05) is 60.8 Å². The Morgan fingerprint density at radius 1 is 0.930 bits per heavy atom. The van der Waals surface area contributed by atoms with Gasteiger partial charge in [-0.05, 0) is 87.7 Å². The molecule has 3 aromatic carbocycles. The van der Waals surface area contributed by atoms with Crippen LogP contribution in [-0.4, -0.2) is 50.4 Å². The van der Waals surface area contributed by atoms with Crippen LogP contribution in [0, 0.1) is 6.92 Å². The number of amides is 2. The number of sulfonamides is 1. The van der Waals surface area contributed by atoms with Crippen LogP contribution >= 0.6 is 23.2 Å². The Kier molecular flexibility index (Phi) is 12.3. The van der Waals surface area contributed by atoms with Crippen molar-refractivity contribution in [3.8, 4) is 5.75 Å². The van der Waals surface area contributed by atoms with Gasteiger partial charge in [-0.25, -0.2) is 8.42 Å². The van der Waals surface area contributed by atoms with Crippen molar-refractivity contribution in [2.75, 3.05) is 17.5 Å². The van der Waals surface area contributed by atoms with Crippen LogP contribution in [0.1, 0.15) is 51.7 Å². The Labute approximate surface area is 265 Å². The van der Waals surface area contributed by atoms with Crippen LogP contribution in [0.2, 0.25) is 10.0 Å². The number of nitrogens with one attached hydrogen (secondary N) is 1. The number of aryl methyl sites for hydroxylation is 1. The zero-order chi connectivity index (χ0) is 31.7. The fraction of sp³-hybridized carbons (Fsp3) is 0.375. The lowest BCUT2D eigenvalue weighted by molar-refractivity contribution is -0.140. The average molecular weight is 649 g/mol. The minimum absolute atomic E-state index is 0.0248. The molecular weight excluding hydrogens is 609 g/mol. The number of carbonyl (C=O) groups is 2. The van der Waals surface area contributed by atoms with E-state index in [4.69, 9.17) is 27.9 Å². The molecule has 0 radical (unpaired) electrons. The van der Waals surface area contributed by atoms with E-state index in [-0.39, 0.29) is 29.1 Å². The van der Waals surface area contributed by atoms with Crippen molar-refractivity contribution in [1.82, 2.24) is 10.2 Å². The minimum Gasteiger partial charge on any atom is -0.494 e. The van der Waals surface area contributed by atoms with E-state index in [9.17, 15) is 18.0 Å².